The van der Waals surface area contributed by atoms with Gasteiger partial charge in [-0.1, -0.05) is 60.7 Å². The summed E-state index contributed by atoms with van der Waals surface area (Å²) >= 11 is 0. The van der Waals surface area contributed by atoms with Crippen molar-refractivity contribution in [1.29, 1.82) is 0 Å². The molecule has 31 heavy (non-hydrogen) atoms. The first-order valence-corrected chi connectivity index (χ1v) is 11.4. The van der Waals surface area contributed by atoms with Crippen LogP contribution in [0.4, 0.5) is 4.79 Å². The third-order valence-corrected chi connectivity index (χ3v) is 6.29. The molecule has 0 radical (unpaired) electrons. The van der Waals surface area contributed by atoms with Gasteiger partial charge < -0.3 is 9.64 Å². The highest BCUT2D eigenvalue weighted by atomic mass is 16.6. The molecule has 0 N–H and O–H groups in total. The van der Waals surface area contributed by atoms with Crippen molar-refractivity contribution in [1.82, 2.24) is 14.7 Å². The van der Waals surface area contributed by atoms with Crippen molar-refractivity contribution in [3.8, 4) is 0 Å². The number of hydrogen-bond donors (Lipinski definition) is 0. The Morgan fingerprint density at radius 3 is 1.94 bits per heavy atom. The number of piperazine rings is 1. The van der Waals surface area contributed by atoms with E-state index < -0.39 is 5.60 Å². The van der Waals surface area contributed by atoms with Gasteiger partial charge in [0.25, 0.3) is 0 Å². The van der Waals surface area contributed by atoms with Gasteiger partial charge in [0.05, 0.1) is 6.04 Å². The molecule has 2 saturated heterocycles. The molecule has 2 fully saturated rings. The minimum Gasteiger partial charge on any atom is -0.444 e. The second kappa shape index (κ2) is 9.01. The lowest BCUT2D eigenvalue weighted by Gasteiger charge is -2.52. The molecule has 1 atom stereocenters. The topological polar surface area (TPSA) is 36.0 Å². The van der Waals surface area contributed by atoms with E-state index in [9.17, 15) is 4.79 Å². The Morgan fingerprint density at radius 2 is 1.45 bits per heavy atom. The fourth-order valence-electron chi connectivity index (χ4n) is 4.72. The molecule has 5 heteroatoms. The van der Waals surface area contributed by atoms with Crippen molar-refractivity contribution in [3.63, 3.8) is 0 Å². The van der Waals surface area contributed by atoms with Gasteiger partial charge in [-0.15, -0.1) is 0 Å². The van der Waals surface area contributed by atoms with E-state index in [-0.39, 0.29) is 12.1 Å². The molecule has 4 rings (SSSR count). The molecule has 2 aromatic carbocycles. The van der Waals surface area contributed by atoms with Gasteiger partial charge in [0.2, 0.25) is 0 Å². The molecular formula is C26H35N3O2. The van der Waals surface area contributed by atoms with Crippen LogP contribution in [0.2, 0.25) is 0 Å². The summed E-state index contributed by atoms with van der Waals surface area (Å²) in [7, 11) is 0. The summed E-state index contributed by atoms with van der Waals surface area (Å²) in [5, 5.41) is 0. The Hall–Kier alpha value is -2.37. The summed E-state index contributed by atoms with van der Waals surface area (Å²) in [6, 6.07) is 22.6. The lowest BCUT2D eigenvalue weighted by molar-refractivity contribution is -0.0350. The van der Waals surface area contributed by atoms with E-state index in [1.54, 1.807) is 0 Å². The standard InChI is InChI=1S/C26H35N3O2/c1-20-17-27(15-16-29(20)25(30)31-26(2,3)4)23-18-28(19-23)24(21-11-7-5-8-12-21)22-13-9-6-10-14-22/h5-14,20,23-24H,15-19H2,1-4H3/t20-/m1/s1. The number of likely N-dealkylation sites (tertiary alicyclic amines) is 1. The van der Waals surface area contributed by atoms with Crippen LogP contribution in [0.25, 0.3) is 0 Å². The molecule has 2 aliphatic rings. The average Bonchev–Trinajstić information content (AvgIpc) is 2.70. The summed E-state index contributed by atoms with van der Waals surface area (Å²) in [5.74, 6) is 0. The zero-order valence-electron chi connectivity index (χ0n) is 19.2. The fourth-order valence-corrected chi connectivity index (χ4v) is 4.72. The van der Waals surface area contributed by atoms with Gasteiger partial charge >= 0.3 is 6.09 Å². The van der Waals surface area contributed by atoms with E-state index in [2.05, 4.69) is 77.4 Å². The highest BCUT2D eigenvalue weighted by molar-refractivity contribution is 5.68. The Kier molecular flexibility index (Phi) is 6.35. The third-order valence-electron chi connectivity index (χ3n) is 6.29. The smallest absolute Gasteiger partial charge is 0.410 e. The highest BCUT2D eigenvalue weighted by Crippen LogP contribution is 2.34. The van der Waals surface area contributed by atoms with Crippen molar-refractivity contribution in [2.45, 2.75) is 51.4 Å². The van der Waals surface area contributed by atoms with Gasteiger partial charge in [-0.2, -0.15) is 0 Å². The number of carbonyl (C=O) groups is 1. The molecular weight excluding hydrogens is 386 g/mol. The number of nitrogens with zero attached hydrogens (tertiary/aromatic N) is 3. The van der Waals surface area contributed by atoms with Crippen molar-refractivity contribution in [3.05, 3.63) is 71.8 Å². The van der Waals surface area contributed by atoms with E-state index in [0.717, 1.165) is 32.7 Å². The Labute approximate surface area is 186 Å². The zero-order chi connectivity index (χ0) is 22.0. The molecule has 166 valence electrons. The van der Waals surface area contributed by atoms with Crippen LogP contribution in [-0.4, -0.2) is 71.2 Å². The number of amides is 1. The van der Waals surface area contributed by atoms with Crippen molar-refractivity contribution in [2.24, 2.45) is 0 Å². The Balaban J connectivity index is 1.38. The molecule has 0 bridgehead atoms. The number of ether oxygens (including phenoxy) is 1. The molecule has 2 heterocycles. The first-order chi connectivity index (χ1) is 14.8. The maximum absolute atomic E-state index is 12.5. The maximum atomic E-state index is 12.5. The van der Waals surface area contributed by atoms with Crippen LogP contribution in [0, 0.1) is 0 Å². The second-order valence-electron chi connectivity index (χ2n) is 9.85. The number of carbonyl (C=O) groups excluding carboxylic acids is 1. The highest BCUT2D eigenvalue weighted by Gasteiger charge is 2.40. The molecule has 0 spiro atoms. The minimum atomic E-state index is -0.452. The van der Waals surface area contributed by atoms with Crippen LogP contribution in [0.3, 0.4) is 0 Å². The fraction of sp³-hybridized carbons (Fsp3) is 0.500. The number of benzene rings is 2. The lowest BCUT2D eigenvalue weighted by Crippen LogP contribution is -2.65. The Bertz CT molecular complexity index is 820. The van der Waals surface area contributed by atoms with Crippen molar-refractivity contribution < 1.29 is 9.53 Å². The second-order valence-corrected chi connectivity index (χ2v) is 9.85. The lowest BCUT2D eigenvalue weighted by atomic mass is 9.92. The van der Waals surface area contributed by atoms with Gasteiger partial charge in [-0.25, -0.2) is 4.79 Å². The summed E-state index contributed by atoms with van der Waals surface area (Å²) in [6.45, 7) is 12.5. The Morgan fingerprint density at radius 1 is 0.903 bits per heavy atom. The number of hydrogen-bond acceptors (Lipinski definition) is 4. The van der Waals surface area contributed by atoms with E-state index in [1.807, 2.05) is 25.7 Å². The van der Waals surface area contributed by atoms with Crippen LogP contribution in [0.1, 0.15) is 44.9 Å². The van der Waals surface area contributed by atoms with Gasteiger partial charge in [0.1, 0.15) is 5.60 Å². The van der Waals surface area contributed by atoms with E-state index in [1.165, 1.54) is 11.1 Å². The first kappa shape index (κ1) is 21.8. The summed E-state index contributed by atoms with van der Waals surface area (Å²) in [4.78, 5) is 19.5. The molecule has 0 aliphatic carbocycles. The van der Waals surface area contributed by atoms with E-state index in [0.29, 0.717) is 12.1 Å². The van der Waals surface area contributed by atoms with Gasteiger partial charge in [0.15, 0.2) is 0 Å². The predicted molar refractivity (Wildman–Crippen MR) is 124 cm³/mol. The first-order valence-electron chi connectivity index (χ1n) is 11.4. The largest absolute Gasteiger partial charge is 0.444 e. The molecule has 1 amide bonds. The summed E-state index contributed by atoms with van der Waals surface area (Å²) in [6.07, 6.45) is -0.192. The van der Waals surface area contributed by atoms with Gasteiger partial charge in [0, 0.05) is 44.8 Å². The van der Waals surface area contributed by atoms with Crippen LogP contribution in [0.5, 0.6) is 0 Å². The molecule has 2 aliphatic heterocycles. The third kappa shape index (κ3) is 5.10. The van der Waals surface area contributed by atoms with Crippen molar-refractivity contribution in [2.75, 3.05) is 32.7 Å². The molecule has 2 aromatic rings. The van der Waals surface area contributed by atoms with Crippen LogP contribution in [-0.2, 0) is 4.74 Å². The van der Waals surface area contributed by atoms with Crippen LogP contribution >= 0.6 is 0 Å². The number of rotatable bonds is 4. The summed E-state index contributed by atoms with van der Waals surface area (Å²) in [5.41, 5.74) is 2.23. The maximum Gasteiger partial charge on any atom is 0.410 e. The van der Waals surface area contributed by atoms with Gasteiger partial charge in [-0.05, 0) is 38.8 Å². The van der Waals surface area contributed by atoms with Crippen LogP contribution < -0.4 is 0 Å². The van der Waals surface area contributed by atoms with Gasteiger partial charge in [-0.3, -0.25) is 9.80 Å². The summed E-state index contributed by atoms with van der Waals surface area (Å²) < 4.78 is 5.59. The molecule has 5 nitrogen and oxygen atoms in total. The molecule has 0 aromatic heterocycles. The SMILES string of the molecule is C[C@@H]1CN(C2CN(C(c3ccccc3)c3ccccc3)C2)CCN1C(=O)OC(C)(C)C. The molecule has 0 saturated carbocycles. The minimum absolute atomic E-state index is 0.164. The average molecular weight is 422 g/mol. The molecule has 0 unspecified atom stereocenters. The predicted octanol–water partition coefficient (Wildman–Crippen LogP) is 4.40. The quantitative estimate of drug-likeness (QED) is 0.733. The van der Waals surface area contributed by atoms with E-state index in [4.69, 9.17) is 4.74 Å². The van der Waals surface area contributed by atoms with Crippen LogP contribution in [0.15, 0.2) is 60.7 Å². The van der Waals surface area contributed by atoms with E-state index >= 15 is 0 Å². The monoisotopic (exact) mass is 421 g/mol. The van der Waals surface area contributed by atoms with Crippen molar-refractivity contribution >= 4 is 6.09 Å². The zero-order valence-corrected chi connectivity index (χ0v) is 19.2. The normalized spacial score (nSPS) is 21.2.